The lowest BCUT2D eigenvalue weighted by Crippen LogP contribution is -2.06. The maximum Gasteiger partial charge on any atom is 0.335 e. The molecule has 1 aromatic carbocycles. The predicted octanol–water partition coefficient (Wildman–Crippen LogP) is 1.93. The van der Waals surface area contributed by atoms with Crippen molar-refractivity contribution in [2.45, 2.75) is 6.42 Å². The third-order valence-electron chi connectivity index (χ3n) is 2.40. The van der Waals surface area contributed by atoms with E-state index < -0.39 is 15.8 Å². The van der Waals surface area contributed by atoms with Gasteiger partial charge in [-0.1, -0.05) is 0 Å². The van der Waals surface area contributed by atoms with Gasteiger partial charge in [-0.15, -0.1) is 0 Å². The van der Waals surface area contributed by atoms with Crippen molar-refractivity contribution in [3.8, 4) is 5.75 Å². The lowest BCUT2D eigenvalue weighted by Gasteiger charge is -2.06. The standard InChI is InChI=1S/C13H18O5S2/c1-20(16,17)10-9-19-8-2-7-18-12-5-3-11(4-6-12)13(14)15/h3-6H,2,7-10H2,1H3,(H,14,15). The van der Waals surface area contributed by atoms with Crippen molar-refractivity contribution >= 4 is 27.6 Å². The summed E-state index contributed by atoms with van der Waals surface area (Å²) in [4.78, 5) is 10.7. The lowest BCUT2D eigenvalue weighted by molar-refractivity contribution is 0.0697. The number of thioether (sulfide) groups is 1. The van der Waals surface area contributed by atoms with Crippen LogP contribution >= 0.6 is 11.8 Å². The average Bonchev–Trinajstić information content (AvgIpc) is 2.37. The number of carbonyl (C=O) groups is 1. The minimum Gasteiger partial charge on any atom is -0.494 e. The zero-order chi connectivity index (χ0) is 15.0. The summed E-state index contributed by atoms with van der Waals surface area (Å²) in [5, 5.41) is 8.74. The van der Waals surface area contributed by atoms with Gasteiger partial charge in [-0.25, -0.2) is 13.2 Å². The van der Waals surface area contributed by atoms with Crippen molar-refractivity contribution < 1.29 is 23.1 Å². The van der Waals surface area contributed by atoms with Gasteiger partial charge in [-0.2, -0.15) is 11.8 Å². The van der Waals surface area contributed by atoms with Crippen LogP contribution in [0.3, 0.4) is 0 Å². The van der Waals surface area contributed by atoms with Crippen molar-refractivity contribution in [1.82, 2.24) is 0 Å². The molecule has 0 aliphatic rings. The van der Waals surface area contributed by atoms with Crippen LogP contribution in [0.15, 0.2) is 24.3 Å². The molecule has 1 aromatic rings. The van der Waals surface area contributed by atoms with Crippen LogP contribution in [0.25, 0.3) is 0 Å². The Balaban J connectivity index is 2.14. The van der Waals surface area contributed by atoms with Crippen LogP contribution in [-0.2, 0) is 9.84 Å². The van der Waals surface area contributed by atoms with E-state index in [0.717, 1.165) is 12.2 Å². The van der Waals surface area contributed by atoms with Gasteiger partial charge in [0.1, 0.15) is 15.6 Å². The second-order valence-electron chi connectivity index (χ2n) is 4.27. The van der Waals surface area contributed by atoms with Gasteiger partial charge < -0.3 is 9.84 Å². The molecule has 20 heavy (non-hydrogen) atoms. The number of carboxylic acid groups (broad SMARTS) is 1. The number of aromatic carboxylic acids is 1. The SMILES string of the molecule is CS(=O)(=O)CCSCCCOc1ccc(C(=O)O)cc1. The van der Waals surface area contributed by atoms with Crippen molar-refractivity contribution in [3.05, 3.63) is 29.8 Å². The molecule has 0 aliphatic heterocycles. The number of rotatable bonds is 9. The number of benzene rings is 1. The second kappa shape index (κ2) is 8.16. The Morgan fingerprint density at radius 2 is 1.90 bits per heavy atom. The first-order valence-corrected chi connectivity index (χ1v) is 9.31. The molecule has 0 radical (unpaired) electrons. The number of hydrogen-bond donors (Lipinski definition) is 1. The first kappa shape index (κ1) is 16.8. The fourth-order valence-corrected chi connectivity index (χ4v) is 3.57. The fraction of sp³-hybridized carbons (Fsp3) is 0.462. The third kappa shape index (κ3) is 7.40. The molecule has 0 atom stereocenters. The maximum absolute atomic E-state index is 10.9. The number of ether oxygens (including phenoxy) is 1. The highest BCUT2D eigenvalue weighted by atomic mass is 32.2. The van der Waals surface area contributed by atoms with Crippen LogP contribution in [0.4, 0.5) is 0 Å². The van der Waals surface area contributed by atoms with E-state index in [4.69, 9.17) is 9.84 Å². The van der Waals surface area contributed by atoms with E-state index in [0.29, 0.717) is 18.1 Å². The largest absolute Gasteiger partial charge is 0.494 e. The zero-order valence-corrected chi connectivity index (χ0v) is 12.9. The second-order valence-corrected chi connectivity index (χ2v) is 7.76. The Morgan fingerprint density at radius 1 is 1.25 bits per heavy atom. The van der Waals surface area contributed by atoms with Gasteiger partial charge in [0.15, 0.2) is 0 Å². The third-order valence-corrected chi connectivity index (χ3v) is 4.68. The molecule has 0 bridgehead atoms. The van der Waals surface area contributed by atoms with Crippen LogP contribution in [0.2, 0.25) is 0 Å². The van der Waals surface area contributed by atoms with Crippen LogP contribution < -0.4 is 4.74 Å². The van der Waals surface area contributed by atoms with Crippen LogP contribution in [-0.4, -0.2) is 49.6 Å². The molecule has 0 amide bonds. The molecule has 5 nitrogen and oxygen atoms in total. The zero-order valence-electron chi connectivity index (χ0n) is 11.2. The minimum absolute atomic E-state index is 0.204. The Bertz CT molecular complexity index is 522. The lowest BCUT2D eigenvalue weighted by atomic mass is 10.2. The maximum atomic E-state index is 10.9. The van der Waals surface area contributed by atoms with Gasteiger partial charge in [0, 0.05) is 12.0 Å². The molecule has 0 unspecified atom stereocenters. The van der Waals surface area contributed by atoms with E-state index in [9.17, 15) is 13.2 Å². The number of carboxylic acids is 1. The summed E-state index contributed by atoms with van der Waals surface area (Å²) < 4.78 is 27.3. The van der Waals surface area contributed by atoms with Crippen LogP contribution in [0, 0.1) is 0 Å². The highest BCUT2D eigenvalue weighted by molar-refractivity contribution is 8.00. The van der Waals surface area contributed by atoms with Gasteiger partial charge in [0.2, 0.25) is 0 Å². The van der Waals surface area contributed by atoms with Crippen LogP contribution in [0.1, 0.15) is 16.8 Å². The van der Waals surface area contributed by atoms with Crippen LogP contribution in [0.5, 0.6) is 5.75 Å². The highest BCUT2D eigenvalue weighted by Gasteiger charge is 2.03. The van der Waals surface area contributed by atoms with Crippen molar-refractivity contribution in [3.63, 3.8) is 0 Å². The first-order valence-electron chi connectivity index (χ1n) is 6.10. The molecule has 1 rings (SSSR count). The molecule has 112 valence electrons. The molecule has 0 saturated heterocycles. The Morgan fingerprint density at radius 3 is 2.45 bits per heavy atom. The average molecular weight is 318 g/mol. The molecule has 0 heterocycles. The number of hydrogen-bond acceptors (Lipinski definition) is 5. The van der Waals surface area contributed by atoms with Gasteiger partial charge in [-0.05, 0) is 36.4 Å². The first-order chi connectivity index (χ1) is 9.38. The fourth-order valence-electron chi connectivity index (χ4n) is 1.36. The summed E-state index contributed by atoms with van der Waals surface area (Å²) >= 11 is 1.58. The summed E-state index contributed by atoms with van der Waals surface area (Å²) in [6.07, 6.45) is 2.05. The molecule has 1 N–H and O–H groups in total. The molecule has 0 fully saturated rings. The molecule has 0 saturated carbocycles. The topological polar surface area (TPSA) is 80.7 Å². The Labute approximate surface area is 123 Å². The van der Waals surface area contributed by atoms with E-state index in [1.54, 1.807) is 23.9 Å². The smallest absolute Gasteiger partial charge is 0.335 e. The summed E-state index contributed by atoms with van der Waals surface area (Å²) in [5.41, 5.74) is 0.230. The summed E-state index contributed by atoms with van der Waals surface area (Å²) in [6.45, 7) is 0.526. The van der Waals surface area contributed by atoms with Gasteiger partial charge in [0.25, 0.3) is 0 Å². The number of sulfone groups is 1. The Hall–Kier alpha value is -1.21. The van der Waals surface area contributed by atoms with E-state index in [1.165, 1.54) is 18.4 Å². The minimum atomic E-state index is -2.87. The monoisotopic (exact) mass is 318 g/mol. The van der Waals surface area contributed by atoms with Crippen molar-refractivity contribution in [1.29, 1.82) is 0 Å². The van der Waals surface area contributed by atoms with Gasteiger partial charge in [0.05, 0.1) is 17.9 Å². The molecule has 0 aliphatic carbocycles. The van der Waals surface area contributed by atoms with Gasteiger partial charge >= 0.3 is 5.97 Å². The normalized spacial score (nSPS) is 11.2. The molecule has 0 spiro atoms. The quantitative estimate of drug-likeness (QED) is 0.701. The van der Waals surface area contributed by atoms with E-state index in [2.05, 4.69) is 0 Å². The molecule has 0 aromatic heterocycles. The highest BCUT2D eigenvalue weighted by Crippen LogP contribution is 2.13. The summed E-state index contributed by atoms with van der Waals surface area (Å²) in [6, 6.07) is 6.25. The molecular formula is C13H18O5S2. The van der Waals surface area contributed by atoms with Crippen molar-refractivity contribution in [2.75, 3.05) is 30.1 Å². The summed E-state index contributed by atoms with van der Waals surface area (Å²) in [7, 11) is -2.87. The van der Waals surface area contributed by atoms with E-state index in [1.807, 2.05) is 0 Å². The molecule has 7 heteroatoms. The Kier molecular flexibility index (Phi) is 6.87. The van der Waals surface area contributed by atoms with E-state index in [-0.39, 0.29) is 11.3 Å². The predicted molar refractivity (Wildman–Crippen MR) is 80.5 cm³/mol. The summed E-state index contributed by atoms with van der Waals surface area (Å²) in [5.74, 6) is 1.32. The molecular weight excluding hydrogens is 300 g/mol. The van der Waals surface area contributed by atoms with Gasteiger partial charge in [-0.3, -0.25) is 0 Å². The van der Waals surface area contributed by atoms with E-state index >= 15 is 0 Å². The van der Waals surface area contributed by atoms with Crippen molar-refractivity contribution in [2.24, 2.45) is 0 Å².